The molecule has 6 atom stereocenters. The Kier molecular flexibility index (Phi) is 56.2. The first kappa shape index (κ1) is 82.1. The number of carbonyl (C=O) groups excluding carboxylic acids is 4. The summed E-state index contributed by atoms with van der Waals surface area (Å²) in [5.74, 6) is -0.622. The van der Waals surface area contributed by atoms with Crippen LogP contribution in [-0.2, 0) is 65.4 Å². The quantitative estimate of drug-likeness (QED) is 0.0222. The molecule has 0 aromatic carbocycles. The van der Waals surface area contributed by atoms with Crippen LogP contribution in [0, 0.1) is 11.8 Å². The van der Waals surface area contributed by atoms with E-state index in [4.69, 9.17) is 37.0 Å². The van der Waals surface area contributed by atoms with Gasteiger partial charge < -0.3 is 33.8 Å². The van der Waals surface area contributed by atoms with Crippen molar-refractivity contribution in [3.63, 3.8) is 0 Å². The zero-order chi connectivity index (χ0) is 62.2. The number of hydrogen-bond acceptors (Lipinski definition) is 15. The number of rotatable bonds is 64. The molecule has 0 rings (SSSR count). The van der Waals surface area contributed by atoms with E-state index < -0.39 is 97.5 Å². The third kappa shape index (κ3) is 57.8. The molecular weight excluding hydrogens is 1110 g/mol. The van der Waals surface area contributed by atoms with Crippen molar-refractivity contribution < 1.29 is 80.2 Å². The Morgan fingerprint density at radius 1 is 0.345 bits per heavy atom. The molecule has 0 radical (unpaired) electrons. The SMILES string of the molecule is CCCCCCCCCCCCCCCC(=O)O[C@H](COC(=O)CCCCCCCCCCCC(C)C)COP(=O)(O)OC[C@@H](O)COP(=O)(O)OC[C@@H](COC(=O)CCCCCCCCC)OC(=O)CCCCCCCCCCC(C)CC. The molecule has 0 bridgehead atoms. The van der Waals surface area contributed by atoms with Crippen LogP contribution in [0.3, 0.4) is 0 Å². The zero-order valence-electron chi connectivity index (χ0n) is 54.2. The van der Waals surface area contributed by atoms with Crippen molar-refractivity contribution in [2.24, 2.45) is 11.8 Å². The molecule has 0 saturated heterocycles. The summed E-state index contributed by atoms with van der Waals surface area (Å²) in [5.41, 5.74) is 0. The number of aliphatic hydroxyl groups is 1. The number of unbranched alkanes of at least 4 members (excludes halogenated alkanes) is 33. The van der Waals surface area contributed by atoms with Crippen molar-refractivity contribution in [2.75, 3.05) is 39.6 Å². The molecule has 0 spiro atoms. The summed E-state index contributed by atoms with van der Waals surface area (Å²) in [6.45, 7) is 9.45. The van der Waals surface area contributed by atoms with Gasteiger partial charge in [-0.3, -0.25) is 37.3 Å². The smallest absolute Gasteiger partial charge is 0.462 e. The predicted octanol–water partition coefficient (Wildman–Crippen LogP) is 18.0. The summed E-state index contributed by atoms with van der Waals surface area (Å²) >= 11 is 0. The van der Waals surface area contributed by atoms with Crippen LogP contribution in [0.15, 0.2) is 0 Å². The molecule has 0 amide bonds. The van der Waals surface area contributed by atoms with Crippen molar-refractivity contribution in [1.29, 1.82) is 0 Å². The molecule has 0 aliphatic heterocycles. The van der Waals surface area contributed by atoms with Crippen LogP contribution in [0.1, 0.15) is 324 Å². The van der Waals surface area contributed by atoms with Gasteiger partial charge in [-0.25, -0.2) is 9.13 Å². The van der Waals surface area contributed by atoms with Crippen LogP contribution in [0.4, 0.5) is 0 Å². The van der Waals surface area contributed by atoms with E-state index in [0.29, 0.717) is 25.7 Å². The highest BCUT2D eigenvalue weighted by Gasteiger charge is 2.30. The number of ether oxygens (including phenoxy) is 4. The predicted molar refractivity (Wildman–Crippen MR) is 335 cm³/mol. The average Bonchev–Trinajstić information content (AvgIpc) is 3.57. The van der Waals surface area contributed by atoms with Crippen LogP contribution >= 0.6 is 15.6 Å². The summed E-state index contributed by atoms with van der Waals surface area (Å²) in [6.07, 6.45) is 40.3. The Morgan fingerprint density at radius 2 is 0.607 bits per heavy atom. The third-order valence-corrected chi connectivity index (χ3v) is 17.2. The summed E-state index contributed by atoms with van der Waals surface area (Å²) < 4.78 is 68.0. The van der Waals surface area contributed by atoms with E-state index in [1.807, 2.05) is 0 Å². The fourth-order valence-corrected chi connectivity index (χ4v) is 11.3. The molecule has 3 unspecified atom stereocenters. The normalized spacial score (nSPS) is 14.6. The summed E-state index contributed by atoms with van der Waals surface area (Å²) in [4.78, 5) is 72.2. The second kappa shape index (κ2) is 57.5. The van der Waals surface area contributed by atoms with E-state index in [2.05, 4.69) is 41.5 Å². The Balaban J connectivity index is 5.23. The molecular formula is C65H126O17P2. The maximum Gasteiger partial charge on any atom is 0.472 e. The van der Waals surface area contributed by atoms with Crippen LogP contribution in [0.2, 0.25) is 0 Å². The molecule has 498 valence electrons. The summed E-state index contributed by atoms with van der Waals surface area (Å²) in [7, 11) is -9.89. The van der Waals surface area contributed by atoms with Crippen molar-refractivity contribution in [2.45, 2.75) is 342 Å². The van der Waals surface area contributed by atoms with Gasteiger partial charge in [-0.15, -0.1) is 0 Å². The highest BCUT2D eigenvalue weighted by atomic mass is 31.2. The third-order valence-electron chi connectivity index (χ3n) is 15.3. The lowest BCUT2D eigenvalue weighted by Gasteiger charge is -2.21. The first-order valence-electron chi connectivity index (χ1n) is 34.0. The number of esters is 4. The van der Waals surface area contributed by atoms with Crippen LogP contribution in [0.25, 0.3) is 0 Å². The minimum Gasteiger partial charge on any atom is -0.462 e. The second-order valence-corrected chi connectivity index (χ2v) is 27.1. The Bertz CT molecular complexity index is 1650. The van der Waals surface area contributed by atoms with Crippen LogP contribution in [-0.4, -0.2) is 96.7 Å². The van der Waals surface area contributed by atoms with E-state index in [9.17, 15) is 43.2 Å². The first-order valence-corrected chi connectivity index (χ1v) is 37.0. The standard InChI is InChI=1S/C65H126O17P2/c1-7-10-12-14-16-17-18-19-20-23-31-37-43-49-64(69)81-61(54-76-63(68)48-42-36-30-24-21-22-28-33-39-45-57(4)5)56-80-84(73,74)78-52-59(66)51-77-83(71,72)79-55-60(53-75-62(67)47-41-35-27-15-13-11-8-2)82-65(70)50-44-38-32-26-25-29-34-40-46-58(6)9-3/h57-61,66H,7-56H2,1-6H3,(H,71,72)(H,73,74)/t58?,59-,60+,61+/m0/s1. The van der Waals surface area contributed by atoms with Gasteiger partial charge in [0.05, 0.1) is 26.4 Å². The molecule has 17 nitrogen and oxygen atoms in total. The number of phosphoric acid groups is 2. The second-order valence-electron chi connectivity index (χ2n) is 24.2. The van der Waals surface area contributed by atoms with Gasteiger partial charge in [-0.05, 0) is 37.5 Å². The van der Waals surface area contributed by atoms with Gasteiger partial charge in [0, 0.05) is 25.7 Å². The van der Waals surface area contributed by atoms with E-state index in [1.165, 1.54) is 128 Å². The van der Waals surface area contributed by atoms with Gasteiger partial charge in [-0.1, -0.05) is 273 Å². The molecule has 0 aromatic rings. The Labute approximate surface area is 511 Å². The Hall–Kier alpha value is -1.94. The molecule has 84 heavy (non-hydrogen) atoms. The molecule has 0 aliphatic carbocycles. The van der Waals surface area contributed by atoms with Gasteiger partial charge in [-0.2, -0.15) is 0 Å². The zero-order valence-corrected chi connectivity index (χ0v) is 56.0. The van der Waals surface area contributed by atoms with Gasteiger partial charge in [0.25, 0.3) is 0 Å². The molecule has 0 fully saturated rings. The Morgan fingerprint density at radius 3 is 0.905 bits per heavy atom. The molecule has 3 N–H and O–H groups in total. The number of aliphatic hydroxyl groups excluding tert-OH is 1. The minimum atomic E-state index is -4.94. The monoisotopic (exact) mass is 1240 g/mol. The fourth-order valence-electron chi connectivity index (χ4n) is 9.68. The molecule has 0 saturated carbocycles. The molecule has 0 aliphatic rings. The minimum absolute atomic E-state index is 0.104. The summed E-state index contributed by atoms with van der Waals surface area (Å²) in [6, 6.07) is 0. The van der Waals surface area contributed by atoms with E-state index in [-0.39, 0.29) is 25.7 Å². The number of hydrogen-bond donors (Lipinski definition) is 3. The van der Waals surface area contributed by atoms with Crippen molar-refractivity contribution >= 4 is 39.5 Å². The highest BCUT2D eigenvalue weighted by molar-refractivity contribution is 7.47. The maximum atomic E-state index is 13.0. The lowest BCUT2D eigenvalue weighted by Crippen LogP contribution is -2.30. The first-order chi connectivity index (χ1) is 40.4. The topological polar surface area (TPSA) is 237 Å². The maximum absolute atomic E-state index is 13.0. The fraction of sp³-hybridized carbons (Fsp3) is 0.938. The van der Waals surface area contributed by atoms with Crippen LogP contribution in [0.5, 0.6) is 0 Å². The molecule has 19 heteroatoms. The average molecular weight is 1240 g/mol. The largest absolute Gasteiger partial charge is 0.472 e. The molecule has 0 aromatic heterocycles. The van der Waals surface area contributed by atoms with Crippen molar-refractivity contribution in [3.8, 4) is 0 Å². The van der Waals surface area contributed by atoms with Crippen molar-refractivity contribution in [1.82, 2.24) is 0 Å². The highest BCUT2D eigenvalue weighted by Crippen LogP contribution is 2.45. The van der Waals surface area contributed by atoms with Gasteiger partial charge in [0.2, 0.25) is 0 Å². The van der Waals surface area contributed by atoms with E-state index in [1.54, 1.807) is 0 Å². The number of phosphoric ester groups is 2. The van der Waals surface area contributed by atoms with Crippen LogP contribution < -0.4 is 0 Å². The van der Waals surface area contributed by atoms with Crippen molar-refractivity contribution in [3.05, 3.63) is 0 Å². The lowest BCUT2D eigenvalue weighted by atomic mass is 9.99. The van der Waals surface area contributed by atoms with E-state index >= 15 is 0 Å². The van der Waals surface area contributed by atoms with Gasteiger partial charge in [0.15, 0.2) is 12.2 Å². The summed E-state index contributed by atoms with van der Waals surface area (Å²) in [5, 5.41) is 10.5. The number of carbonyl (C=O) groups is 4. The van der Waals surface area contributed by atoms with Gasteiger partial charge in [0.1, 0.15) is 19.3 Å². The van der Waals surface area contributed by atoms with E-state index in [0.717, 1.165) is 115 Å². The lowest BCUT2D eigenvalue weighted by molar-refractivity contribution is -0.161. The van der Waals surface area contributed by atoms with Gasteiger partial charge >= 0.3 is 39.5 Å². The molecule has 0 heterocycles.